The normalized spacial score (nSPS) is 11.7. The molecule has 0 aliphatic rings. The third kappa shape index (κ3) is 6.71. The summed E-state index contributed by atoms with van der Waals surface area (Å²) in [7, 11) is 0. The van der Waals surface area contributed by atoms with Gasteiger partial charge in [0, 0.05) is 38.6 Å². The first-order valence-electron chi connectivity index (χ1n) is 21.6. The Morgan fingerprint density at radius 2 is 0.721 bits per heavy atom. The fourth-order valence-corrected chi connectivity index (χ4v) is 9.28. The number of rotatable bonds is 10. The van der Waals surface area contributed by atoms with Crippen LogP contribution in [0.15, 0.2) is 212 Å². The molecule has 0 radical (unpaired) electrons. The molecule has 2 heterocycles. The molecular formula is C59H46N2. The van der Waals surface area contributed by atoms with Gasteiger partial charge in [0.1, 0.15) is 0 Å². The van der Waals surface area contributed by atoms with Crippen molar-refractivity contribution in [3.05, 3.63) is 218 Å². The molecule has 292 valence electrons. The Balaban J connectivity index is 0.900. The number of aryl methyl sites for hydroxylation is 1. The van der Waals surface area contributed by atoms with Crippen LogP contribution < -0.4 is 4.90 Å². The van der Waals surface area contributed by atoms with E-state index in [0.29, 0.717) is 5.92 Å². The van der Waals surface area contributed by atoms with Crippen LogP contribution >= 0.6 is 0 Å². The number of hydrogen-bond acceptors (Lipinski definition) is 1. The first-order valence-corrected chi connectivity index (χ1v) is 21.6. The van der Waals surface area contributed by atoms with Crippen LogP contribution in [0.1, 0.15) is 25.8 Å². The van der Waals surface area contributed by atoms with Gasteiger partial charge in [-0.05, 0) is 129 Å². The molecule has 0 aliphatic carbocycles. The highest BCUT2D eigenvalue weighted by molar-refractivity contribution is 6.24. The van der Waals surface area contributed by atoms with Gasteiger partial charge in [0.2, 0.25) is 0 Å². The van der Waals surface area contributed by atoms with Crippen molar-refractivity contribution in [2.24, 2.45) is 5.92 Å². The summed E-state index contributed by atoms with van der Waals surface area (Å²) in [6.45, 7) is 4.59. The average Bonchev–Trinajstić information content (AvgIpc) is 3.84. The fraction of sp³-hybridized carbons (Fsp3) is 0.0847. The summed E-state index contributed by atoms with van der Waals surface area (Å²) in [5, 5.41) is 5.21. The summed E-state index contributed by atoms with van der Waals surface area (Å²) in [6, 6.07) is 78.1. The minimum atomic E-state index is 0.683. The van der Waals surface area contributed by atoms with Crippen molar-refractivity contribution in [1.82, 2.24) is 4.40 Å². The quantitative estimate of drug-likeness (QED) is 0.134. The molecule has 11 aromatic rings. The van der Waals surface area contributed by atoms with Gasteiger partial charge < -0.3 is 9.30 Å². The smallest absolute Gasteiger partial charge is 0.0620 e. The summed E-state index contributed by atoms with van der Waals surface area (Å²) in [4.78, 5) is 2.37. The predicted molar refractivity (Wildman–Crippen MR) is 261 cm³/mol. The Hall–Kier alpha value is -7.42. The third-order valence-corrected chi connectivity index (χ3v) is 12.5. The maximum Gasteiger partial charge on any atom is 0.0620 e. The van der Waals surface area contributed by atoms with E-state index in [2.05, 4.69) is 235 Å². The number of anilines is 3. The molecule has 2 aromatic heterocycles. The Kier molecular flexibility index (Phi) is 9.20. The van der Waals surface area contributed by atoms with Gasteiger partial charge in [0.15, 0.2) is 0 Å². The lowest BCUT2D eigenvalue weighted by Crippen LogP contribution is -2.10. The van der Waals surface area contributed by atoms with Crippen LogP contribution in [-0.4, -0.2) is 4.40 Å². The van der Waals surface area contributed by atoms with Crippen LogP contribution in [0, 0.1) is 5.92 Å². The number of hydrogen-bond donors (Lipinski definition) is 0. The molecule has 0 unspecified atom stereocenters. The monoisotopic (exact) mass is 782 g/mol. The minimum Gasteiger partial charge on any atom is -0.311 e. The lowest BCUT2D eigenvalue weighted by molar-refractivity contribution is 0.587. The largest absolute Gasteiger partial charge is 0.311 e. The molecular weight excluding hydrogens is 737 g/mol. The number of aromatic nitrogens is 1. The summed E-state index contributed by atoms with van der Waals surface area (Å²) in [5.74, 6) is 0.683. The molecule has 9 aromatic carbocycles. The van der Waals surface area contributed by atoms with E-state index in [1.165, 1.54) is 94.6 Å². The Bertz CT molecular complexity index is 3180. The van der Waals surface area contributed by atoms with Crippen LogP contribution in [0.3, 0.4) is 0 Å². The first-order chi connectivity index (χ1) is 30.1. The van der Waals surface area contributed by atoms with E-state index in [1.807, 2.05) is 0 Å². The molecule has 0 spiro atoms. The average molecular weight is 783 g/mol. The lowest BCUT2D eigenvalue weighted by Gasteiger charge is -2.26. The molecule has 0 aliphatic heterocycles. The zero-order valence-electron chi connectivity index (χ0n) is 34.6. The highest BCUT2D eigenvalue weighted by Gasteiger charge is 2.19. The van der Waals surface area contributed by atoms with Crippen LogP contribution in [0.4, 0.5) is 17.1 Å². The number of benzene rings is 9. The summed E-state index contributed by atoms with van der Waals surface area (Å²) in [6.07, 6.45) is 2.28. The Morgan fingerprint density at radius 1 is 0.361 bits per heavy atom. The molecule has 2 nitrogen and oxygen atoms in total. The van der Waals surface area contributed by atoms with Crippen LogP contribution in [0.5, 0.6) is 0 Å². The van der Waals surface area contributed by atoms with E-state index in [9.17, 15) is 0 Å². The molecule has 2 heteroatoms. The molecule has 0 N–H and O–H groups in total. The minimum absolute atomic E-state index is 0.683. The number of fused-ring (bicyclic) bond motifs is 6. The number of nitrogens with zero attached hydrogens (tertiary/aromatic N) is 2. The van der Waals surface area contributed by atoms with Gasteiger partial charge in [0.05, 0.1) is 16.6 Å². The Labute approximate surface area is 358 Å². The standard InChI is InChI=1S/C59H46N2/c1-40(2)16-17-41-18-32-50(33-19-41)60(51-34-28-46(29-35-51)44-22-20-43(21-23-44)42-10-4-3-5-11-42)52-36-30-47(31-37-52)45-24-26-48(27-25-45)49-38-55-53-12-6-8-14-57(53)61-58-15-9-7-13-54(58)56(39-49)59(55)61/h3-15,18-40H,16-17H2,1-2H3. The van der Waals surface area contributed by atoms with E-state index in [1.54, 1.807) is 0 Å². The van der Waals surface area contributed by atoms with E-state index < -0.39 is 0 Å². The highest BCUT2D eigenvalue weighted by Crippen LogP contribution is 2.42. The van der Waals surface area contributed by atoms with Crippen LogP contribution in [0.25, 0.3) is 82.6 Å². The van der Waals surface area contributed by atoms with Crippen molar-refractivity contribution in [3.8, 4) is 44.5 Å². The summed E-state index contributed by atoms with van der Waals surface area (Å²) >= 11 is 0. The maximum absolute atomic E-state index is 2.44. The van der Waals surface area contributed by atoms with Crippen molar-refractivity contribution in [2.45, 2.75) is 26.7 Å². The SMILES string of the molecule is CC(C)CCc1ccc(N(c2ccc(-c3ccc(-c4ccccc4)cc3)cc2)c2ccc(-c3ccc(-c4cc5c6ccccc6n6c7ccccc7c(c4)c56)cc3)cc2)cc1. The molecule has 0 saturated carbocycles. The molecule has 0 fully saturated rings. The summed E-state index contributed by atoms with van der Waals surface area (Å²) < 4.78 is 2.44. The van der Waals surface area contributed by atoms with Crippen molar-refractivity contribution in [3.63, 3.8) is 0 Å². The van der Waals surface area contributed by atoms with E-state index in [-0.39, 0.29) is 0 Å². The van der Waals surface area contributed by atoms with Crippen molar-refractivity contribution >= 4 is 55.2 Å². The van der Waals surface area contributed by atoms with Gasteiger partial charge >= 0.3 is 0 Å². The van der Waals surface area contributed by atoms with Crippen LogP contribution in [0.2, 0.25) is 0 Å². The topological polar surface area (TPSA) is 7.65 Å². The molecule has 0 atom stereocenters. The van der Waals surface area contributed by atoms with E-state index in [4.69, 9.17) is 0 Å². The summed E-state index contributed by atoms with van der Waals surface area (Å²) in [5.41, 5.74) is 18.3. The van der Waals surface area contributed by atoms with E-state index >= 15 is 0 Å². The van der Waals surface area contributed by atoms with Crippen molar-refractivity contribution in [1.29, 1.82) is 0 Å². The van der Waals surface area contributed by atoms with Gasteiger partial charge in [-0.2, -0.15) is 0 Å². The van der Waals surface area contributed by atoms with Gasteiger partial charge in [0.25, 0.3) is 0 Å². The lowest BCUT2D eigenvalue weighted by atomic mass is 9.97. The fourth-order valence-electron chi connectivity index (χ4n) is 9.28. The highest BCUT2D eigenvalue weighted by atomic mass is 15.1. The molecule has 11 rings (SSSR count). The second-order valence-electron chi connectivity index (χ2n) is 16.8. The van der Waals surface area contributed by atoms with Gasteiger partial charge in [-0.15, -0.1) is 0 Å². The molecule has 0 bridgehead atoms. The van der Waals surface area contributed by atoms with Gasteiger partial charge in [-0.1, -0.05) is 166 Å². The van der Waals surface area contributed by atoms with Gasteiger partial charge in [-0.25, -0.2) is 0 Å². The zero-order chi connectivity index (χ0) is 40.9. The zero-order valence-corrected chi connectivity index (χ0v) is 34.6. The molecule has 0 saturated heterocycles. The van der Waals surface area contributed by atoms with Crippen LogP contribution in [-0.2, 0) is 6.42 Å². The van der Waals surface area contributed by atoms with Crippen molar-refractivity contribution < 1.29 is 0 Å². The predicted octanol–water partition coefficient (Wildman–Crippen LogP) is 16.6. The Morgan fingerprint density at radius 3 is 1.16 bits per heavy atom. The third-order valence-electron chi connectivity index (χ3n) is 12.5. The first kappa shape index (κ1) is 36.6. The molecule has 0 amide bonds. The molecule has 61 heavy (non-hydrogen) atoms. The van der Waals surface area contributed by atoms with Gasteiger partial charge in [-0.3, -0.25) is 0 Å². The second-order valence-corrected chi connectivity index (χ2v) is 16.8. The van der Waals surface area contributed by atoms with Crippen molar-refractivity contribution in [2.75, 3.05) is 4.90 Å². The second kappa shape index (κ2) is 15.3. The van der Waals surface area contributed by atoms with E-state index in [0.717, 1.165) is 23.5 Å². The number of para-hydroxylation sites is 2. The maximum atomic E-state index is 2.44.